The summed E-state index contributed by atoms with van der Waals surface area (Å²) in [4.78, 5) is 15.6. The molecule has 0 aliphatic carbocycles. The first kappa shape index (κ1) is 18.3. The third kappa shape index (κ3) is 2.59. The van der Waals surface area contributed by atoms with E-state index in [4.69, 9.17) is 9.47 Å². The fraction of sp³-hybridized carbons (Fsp3) is 0.160. The Morgan fingerprint density at radius 3 is 2.03 bits per heavy atom. The fourth-order valence-corrected chi connectivity index (χ4v) is 4.43. The molecule has 0 radical (unpaired) electrons. The number of carbonyl (C=O) groups excluding carboxylic acids is 1. The van der Waals surface area contributed by atoms with Gasteiger partial charge >= 0.3 is 0 Å². The highest BCUT2D eigenvalue weighted by Gasteiger charge is 2.42. The first-order valence-electron chi connectivity index (χ1n) is 9.83. The Kier molecular flexibility index (Phi) is 4.24. The van der Waals surface area contributed by atoms with Crippen molar-refractivity contribution in [3.63, 3.8) is 0 Å². The van der Waals surface area contributed by atoms with Gasteiger partial charge in [0, 0.05) is 29.2 Å². The molecule has 4 aromatic rings. The van der Waals surface area contributed by atoms with E-state index in [0.717, 1.165) is 44.9 Å². The van der Waals surface area contributed by atoms with Gasteiger partial charge in [0.2, 0.25) is 0 Å². The van der Waals surface area contributed by atoms with E-state index in [1.54, 1.807) is 14.2 Å². The maximum Gasteiger partial charge on any atom is 0.276 e. The monoisotopic (exact) mass is 398 g/mol. The topological polar surface area (TPSA) is 43.7 Å². The van der Waals surface area contributed by atoms with Crippen molar-refractivity contribution in [2.75, 3.05) is 19.1 Å². The molecule has 0 saturated heterocycles. The molecule has 0 saturated carbocycles. The van der Waals surface area contributed by atoms with Crippen molar-refractivity contribution in [2.24, 2.45) is 7.05 Å². The quantitative estimate of drug-likeness (QED) is 0.489. The number of ether oxygens (including phenoxy) is 2. The van der Waals surface area contributed by atoms with Crippen LogP contribution in [0.3, 0.4) is 0 Å². The van der Waals surface area contributed by atoms with Crippen LogP contribution in [-0.2, 0) is 7.05 Å². The molecule has 3 aromatic carbocycles. The number of rotatable bonds is 4. The van der Waals surface area contributed by atoms with Gasteiger partial charge in [-0.25, -0.2) is 0 Å². The maximum atomic E-state index is 13.7. The average molecular weight is 398 g/mol. The number of fused-ring (bicyclic) bond motifs is 3. The summed E-state index contributed by atoms with van der Waals surface area (Å²) < 4.78 is 12.6. The minimum Gasteiger partial charge on any atom is -0.497 e. The number of hydrogen-bond donors (Lipinski definition) is 0. The van der Waals surface area contributed by atoms with Gasteiger partial charge in [-0.3, -0.25) is 9.69 Å². The lowest BCUT2D eigenvalue weighted by atomic mass is 9.97. The predicted octanol–water partition coefficient (Wildman–Crippen LogP) is 4.95. The number of anilines is 1. The van der Waals surface area contributed by atoms with Crippen molar-refractivity contribution in [2.45, 2.75) is 6.04 Å². The average Bonchev–Trinajstić information content (AvgIpc) is 3.27. The third-order valence-electron chi connectivity index (χ3n) is 5.88. The zero-order valence-corrected chi connectivity index (χ0v) is 17.1. The standard InChI is InChI=1S/C25H22N2O3/c1-26-21-7-5-4-6-20(21)22-23(16-8-12-18(29-2)13-9-16)27(25(28)24(22)26)17-10-14-19(30-3)15-11-17/h4-15,23H,1-3H3. The molecule has 1 aliphatic heterocycles. The smallest absolute Gasteiger partial charge is 0.276 e. The minimum atomic E-state index is -0.224. The van der Waals surface area contributed by atoms with Crippen LogP contribution in [0.4, 0.5) is 5.69 Å². The molecule has 0 spiro atoms. The van der Waals surface area contributed by atoms with Crippen molar-refractivity contribution < 1.29 is 14.3 Å². The summed E-state index contributed by atoms with van der Waals surface area (Å²) in [6.07, 6.45) is 0. The second-order valence-corrected chi connectivity index (χ2v) is 7.39. The van der Waals surface area contributed by atoms with E-state index >= 15 is 0 Å². The van der Waals surface area contributed by atoms with E-state index in [9.17, 15) is 4.79 Å². The predicted molar refractivity (Wildman–Crippen MR) is 118 cm³/mol. The molecule has 5 heteroatoms. The lowest BCUT2D eigenvalue weighted by molar-refractivity contribution is 0.0986. The summed E-state index contributed by atoms with van der Waals surface area (Å²) in [5.41, 5.74) is 4.70. The molecule has 1 atom stereocenters. The molecule has 30 heavy (non-hydrogen) atoms. The molecule has 0 bridgehead atoms. The molecule has 5 rings (SSSR count). The van der Waals surface area contributed by atoms with Crippen molar-refractivity contribution in [1.82, 2.24) is 4.57 Å². The van der Waals surface area contributed by atoms with Gasteiger partial charge < -0.3 is 14.0 Å². The van der Waals surface area contributed by atoms with Gasteiger partial charge in [0.15, 0.2) is 0 Å². The molecule has 2 heterocycles. The van der Waals surface area contributed by atoms with Crippen LogP contribution in [0.25, 0.3) is 10.9 Å². The number of benzene rings is 3. The van der Waals surface area contributed by atoms with Crippen molar-refractivity contribution >= 4 is 22.5 Å². The minimum absolute atomic E-state index is 0.00492. The van der Waals surface area contributed by atoms with Crippen LogP contribution in [0.5, 0.6) is 11.5 Å². The third-order valence-corrected chi connectivity index (χ3v) is 5.88. The number of amides is 1. The van der Waals surface area contributed by atoms with Crippen LogP contribution in [0.2, 0.25) is 0 Å². The molecule has 0 fully saturated rings. The zero-order valence-electron chi connectivity index (χ0n) is 17.1. The molecule has 150 valence electrons. The summed E-state index contributed by atoms with van der Waals surface area (Å²) in [7, 11) is 5.25. The largest absolute Gasteiger partial charge is 0.497 e. The SMILES string of the molecule is COc1ccc(C2c3c(n(C)c4ccccc34)C(=O)N2c2ccc(OC)cc2)cc1. The van der Waals surface area contributed by atoms with Gasteiger partial charge in [-0.1, -0.05) is 30.3 Å². The summed E-state index contributed by atoms with van der Waals surface area (Å²) in [6, 6.07) is 23.5. The highest BCUT2D eigenvalue weighted by molar-refractivity contribution is 6.15. The summed E-state index contributed by atoms with van der Waals surface area (Å²) >= 11 is 0. The number of nitrogens with zero attached hydrogens (tertiary/aromatic N) is 2. The van der Waals surface area contributed by atoms with E-state index in [1.165, 1.54) is 0 Å². The number of aryl methyl sites for hydroxylation is 1. The fourth-order valence-electron chi connectivity index (χ4n) is 4.43. The van der Waals surface area contributed by atoms with Gasteiger partial charge in [0.25, 0.3) is 5.91 Å². The summed E-state index contributed by atoms with van der Waals surface area (Å²) in [5, 5.41) is 1.10. The second-order valence-electron chi connectivity index (χ2n) is 7.39. The molecule has 1 unspecified atom stereocenters. The first-order chi connectivity index (χ1) is 14.6. The van der Waals surface area contributed by atoms with Gasteiger partial charge in [0.1, 0.15) is 17.2 Å². The second kappa shape index (κ2) is 6.95. The van der Waals surface area contributed by atoms with Gasteiger partial charge in [0.05, 0.1) is 20.3 Å². The van der Waals surface area contributed by atoms with Crippen LogP contribution < -0.4 is 14.4 Å². The number of aromatic nitrogens is 1. The van der Waals surface area contributed by atoms with E-state index in [-0.39, 0.29) is 11.9 Å². The molecule has 5 nitrogen and oxygen atoms in total. The lowest BCUT2D eigenvalue weighted by Crippen LogP contribution is -2.29. The Bertz CT molecular complexity index is 1240. The maximum absolute atomic E-state index is 13.7. The normalized spacial score (nSPS) is 15.5. The summed E-state index contributed by atoms with van der Waals surface area (Å²) in [5.74, 6) is 1.54. The Morgan fingerprint density at radius 1 is 0.800 bits per heavy atom. The highest BCUT2D eigenvalue weighted by atomic mass is 16.5. The van der Waals surface area contributed by atoms with E-state index in [0.29, 0.717) is 0 Å². The Balaban J connectivity index is 1.74. The molecular formula is C25H22N2O3. The van der Waals surface area contributed by atoms with Crippen molar-refractivity contribution in [1.29, 1.82) is 0 Å². The molecule has 1 aromatic heterocycles. The van der Waals surface area contributed by atoms with Gasteiger partial charge in [-0.05, 0) is 48.0 Å². The van der Waals surface area contributed by atoms with Crippen LogP contribution in [0, 0.1) is 0 Å². The van der Waals surface area contributed by atoms with E-state index in [1.807, 2.05) is 77.2 Å². The highest BCUT2D eigenvalue weighted by Crippen LogP contribution is 2.46. The van der Waals surface area contributed by atoms with Crippen molar-refractivity contribution in [3.05, 3.63) is 89.6 Å². The Labute approximate surface area is 175 Å². The zero-order chi connectivity index (χ0) is 20.8. The van der Waals surface area contributed by atoms with Crippen molar-refractivity contribution in [3.8, 4) is 11.5 Å². The number of hydrogen-bond acceptors (Lipinski definition) is 3. The lowest BCUT2D eigenvalue weighted by Gasteiger charge is -2.27. The molecule has 1 amide bonds. The Hall–Kier alpha value is -3.73. The van der Waals surface area contributed by atoms with Gasteiger partial charge in [-0.15, -0.1) is 0 Å². The van der Waals surface area contributed by atoms with Crippen LogP contribution >= 0.6 is 0 Å². The van der Waals surface area contributed by atoms with E-state index < -0.39 is 0 Å². The van der Waals surface area contributed by atoms with Gasteiger partial charge in [-0.2, -0.15) is 0 Å². The number of methoxy groups -OCH3 is 2. The number of carbonyl (C=O) groups is 1. The first-order valence-corrected chi connectivity index (χ1v) is 9.83. The molecule has 0 N–H and O–H groups in total. The molecule has 1 aliphatic rings. The Morgan fingerprint density at radius 2 is 1.40 bits per heavy atom. The van der Waals surface area contributed by atoms with Crippen LogP contribution in [-0.4, -0.2) is 24.7 Å². The van der Waals surface area contributed by atoms with Crippen LogP contribution in [0.15, 0.2) is 72.8 Å². The molecular weight excluding hydrogens is 376 g/mol. The summed E-state index contributed by atoms with van der Waals surface area (Å²) in [6.45, 7) is 0. The van der Waals surface area contributed by atoms with Crippen LogP contribution in [0.1, 0.15) is 27.7 Å². The van der Waals surface area contributed by atoms with E-state index in [2.05, 4.69) is 12.1 Å². The number of para-hydroxylation sites is 1.